The lowest BCUT2D eigenvalue weighted by atomic mass is 9.95. The standard InChI is InChI=1S/C34H35F3N8O2/c1-21-6-8-25(19-28(21)42-33(47)31-39-12-10-27(41-31)23-5-4-11-38-20-23)40-32(46)24-17-22-7-9-29(30(22)26(18-24)34(35,36)37)44-13-15-45(16-14-44)43(2)3/h4-6,8,10-12,17-20,29H,7,9,13-16H2,1-3H3,(H,40,46)(H,42,47). The fraction of sp³-hybridized carbons (Fsp3) is 0.324. The summed E-state index contributed by atoms with van der Waals surface area (Å²) in [4.78, 5) is 41.1. The Balaban J connectivity index is 1.20. The molecule has 10 nitrogen and oxygen atoms in total. The van der Waals surface area contributed by atoms with Crippen LogP contribution in [0, 0.1) is 6.92 Å². The number of nitrogens with one attached hydrogen (secondary N) is 2. The molecule has 244 valence electrons. The van der Waals surface area contributed by atoms with Gasteiger partial charge in [-0.1, -0.05) is 6.07 Å². The monoisotopic (exact) mass is 644 g/mol. The van der Waals surface area contributed by atoms with Crippen LogP contribution in [0.5, 0.6) is 0 Å². The molecule has 0 saturated carbocycles. The number of benzene rings is 2. The number of rotatable bonds is 7. The molecule has 1 unspecified atom stereocenters. The molecule has 2 aromatic carbocycles. The van der Waals surface area contributed by atoms with E-state index in [0.29, 0.717) is 54.1 Å². The molecule has 1 aliphatic heterocycles. The molecule has 2 aromatic heterocycles. The number of hydrazine groups is 1. The summed E-state index contributed by atoms with van der Waals surface area (Å²) in [5.41, 5.74) is 2.66. The Labute approximate surface area is 270 Å². The minimum absolute atomic E-state index is 0.0594. The van der Waals surface area contributed by atoms with Gasteiger partial charge in [0, 0.05) is 87.4 Å². The first-order valence-corrected chi connectivity index (χ1v) is 15.3. The summed E-state index contributed by atoms with van der Waals surface area (Å²) in [7, 11) is 3.92. The van der Waals surface area contributed by atoms with Crippen molar-refractivity contribution in [2.45, 2.75) is 32.0 Å². The SMILES string of the molecule is Cc1ccc(NC(=O)c2cc3c(c(C(F)(F)F)c2)C(N2CCN(N(C)C)CC2)CC3)cc1NC(=O)c1nccc(-c2cccnc2)n1. The summed E-state index contributed by atoms with van der Waals surface area (Å²) in [6.07, 6.45) is 1.16. The van der Waals surface area contributed by atoms with Crippen molar-refractivity contribution < 1.29 is 22.8 Å². The highest BCUT2D eigenvalue weighted by Gasteiger charge is 2.41. The normalized spacial score (nSPS) is 17.0. The molecule has 0 bridgehead atoms. The zero-order chi connectivity index (χ0) is 33.3. The summed E-state index contributed by atoms with van der Waals surface area (Å²) in [5, 5.41) is 9.67. The van der Waals surface area contributed by atoms with E-state index in [1.165, 1.54) is 6.20 Å². The summed E-state index contributed by atoms with van der Waals surface area (Å²) < 4.78 is 43.5. The van der Waals surface area contributed by atoms with Crippen LogP contribution < -0.4 is 10.6 Å². The molecule has 1 fully saturated rings. The lowest BCUT2D eigenvalue weighted by molar-refractivity contribution is -0.138. The molecule has 1 aliphatic carbocycles. The number of halogens is 3. The number of aryl methyl sites for hydroxylation is 2. The zero-order valence-electron chi connectivity index (χ0n) is 26.3. The highest BCUT2D eigenvalue weighted by molar-refractivity contribution is 6.06. The third kappa shape index (κ3) is 7.02. The molecule has 2 aliphatic rings. The topological polar surface area (TPSA) is 107 Å². The highest BCUT2D eigenvalue weighted by atomic mass is 19.4. The molecule has 13 heteroatoms. The van der Waals surface area contributed by atoms with Gasteiger partial charge in [-0.25, -0.2) is 20.0 Å². The zero-order valence-corrected chi connectivity index (χ0v) is 26.3. The molecule has 4 aromatic rings. The first-order valence-electron chi connectivity index (χ1n) is 15.3. The van der Waals surface area contributed by atoms with E-state index in [2.05, 4.69) is 35.5 Å². The Morgan fingerprint density at radius 2 is 1.74 bits per heavy atom. The molecule has 3 heterocycles. The number of hydrogen-bond acceptors (Lipinski definition) is 8. The lowest BCUT2D eigenvalue weighted by Crippen LogP contribution is -2.51. The van der Waals surface area contributed by atoms with E-state index in [0.717, 1.165) is 24.7 Å². The van der Waals surface area contributed by atoms with Crippen LogP contribution in [0.15, 0.2) is 67.1 Å². The molecule has 0 spiro atoms. The van der Waals surface area contributed by atoms with Gasteiger partial charge in [0.15, 0.2) is 0 Å². The molecule has 2 amide bonds. The first kappa shape index (κ1) is 32.2. The number of hydrogen-bond donors (Lipinski definition) is 2. The van der Waals surface area contributed by atoms with Crippen molar-refractivity contribution in [3.05, 3.63) is 101 Å². The number of nitrogens with zero attached hydrogens (tertiary/aromatic N) is 6. The van der Waals surface area contributed by atoms with Crippen LogP contribution >= 0.6 is 0 Å². The second-order valence-electron chi connectivity index (χ2n) is 11.9. The number of pyridine rings is 1. The number of amides is 2. The van der Waals surface area contributed by atoms with Crippen molar-refractivity contribution in [1.29, 1.82) is 0 Å². The summed E-state index contributed by atoms with van der Waals surface area (Å²) in [6.45, 7) is 4.59. The van der Waals surface area contributed by atoms with E-state index in [4.69, 9.17) is 0 Å². The Kier molecular flexibility index (Phi) is 9.04. The van der Waals surface area contributed by atoms with Crippen molar-refractivity contribution in [1.82, 2.24) is 29.9 Å². The summed E-state index contributed by atoms with van der Waals surface area (Å²) in [6, 6.07) is 12.3. The average Bonchev–Trinajstić information content (AvgIpc) is 3.50. The van der Waals surface area contributed by atoms with Gasteiger partial charge in [-0.2, -0.15) is 13.2 Å². The maximum absolute atomic E-state index is 14.5. The largest absolute Gasteiger partial charge is 0.416 e. The predicted molar refractivity (Wildman–Crippen MR) is 172 cm³/mol. The van der Waals surface area contributed by atoms with Gasteiger partial charge in [0.1, 0.15) is 0 Å². The van der Waals surface area contributed by atoms with Gasteiger partial charge in [0.05, 0.1) is 11.3 Å². The Morgan fingerprint density at radius 3 is 2.45 bits per heavy atom. The van der Waals surface area contributed by atoms with Gasteiger partial charge in [-0.15, -0.1) is 0 Å². The molecular formula is C34H35F3N8O2. The van der Waals surface area contributed by atoms with Crippen LogP contribution in [0.2, 0.25) is 0 Å². The fourth-order valence-corrected chi connectivity index (χ4v) is 6.26. The van der Waals surface area contributed by atoms with Crippen LogP contribution in [0.1, 0.15) is 55.7 Å². The first-order chi connectivity index (χ1) is 22.5. The number of fused-ring (bicyclic) bond motifs is 1. The molecule has 1 atom stereocenters. The van der Waals surface area contributed by atoms with E-state index in [-0.39, 0.29) is 23.0 Å². The van der Waals surface area contributed by atoms with E-state index in [1.807, 2.05) is 25.2 Å². The molecule has 1 saturated heterocycles. The van der Waals surface area contributed by atoms with Crippen LogP contribution in [0.4, 0.5) is 24.5 Å². The van der Waals surface area contributed by atoms with Gasteiger partial charge in [0.2, 0.25) is 5.82 Å². The molecule has 2 N–H and O–H groups in total. The number of alkyl halides is 3. The van der Waals surface area contributed by atoms with E-state index in [9.17, 15) is 22.8 Å². The Morgan fingerprint density at radius 1 is 0.957 bits per heavy atom. The predicted octanol–water partition coefficient (Wildman–Crippen LogP) is 5.45. The Bertz CT molecular complexity index is 1790. The molecule has 0 radical (unpaired) electrons. The number of piperazine rings is 1. The average molecular weight is 645 g/mol. The Hall–Kier alpha value is -4.72. The van der Waals surface area contributed by atoms with Gasteiger partial charge in [0.25, 0.3) is 11.8 Å². The third-order valence-corrected chi connectivity index (χ3v) is 8.71. The van der Waals surface area contributed by atoms with Crippen molar-refractivity contribution in [2.75, 3.05) is 50.9 Å². The van der Waals surface area contributed by atoms with Crippen molar-refractivity contribution in [3.8, 4) is 11.3 Å². The van der Waals surface area contributed by atoms with E-state index >= 15 is 0 Å². The third-order valence-electron chi connectivity index (χ3n) is 8.71. The van der Waals surface area contributed by atoms with E-state index in [1.54, 1.807) is 55.7 Å². The smallest absolute Gasteiger partial charge is 0.322 e. The highest BCUT2D eigenvalue weighted by Crippen LogP contribution is 2.45. The number of anilines is 2. The van der Waals surface area contributed by atoms with Gasteiger partial charge < -0.3 is 10.6 Å². The van der Waals surface area contributed by atoms with Crippen molar-refractivity contribution in [2.24, 2.45) is 0 Å². The van der Waals surface area contributed by atoms with Crippen LogP contribution in [-0.4, -0.2) is 82.0 Å². The lowest BCUT2D eigenvalue weighted by Gasteiger charge is -2.41. The van der Waals surface area contributed by atoms with Crippen molar-refractivity contribution in [3.63, 3.8) is 0 Å². The van der Waals surface area contributed by atoms with Crippen LogP contribution in [0.25, 0.3) is 11.3 Å². The maximum Gasteiger partial charge on any atom is 0.416 e. The summed E-state index contributed by atoms with van der Waals surface area (Å²) in [5.74, 6) is -1.29. The fourth-order valence-electron chi connectivity index (χ4n) is 6.26. The molecule has 6 rings (SSSR count). The molecule has 47 heavy (non-hydrogen) atoms. The van der Waals surface area contributed by atoms with E-state index < -0.39 is 23.6 Å². The quantitative estimate of drug-likeness (QED) is 0.274. The van der Waals surface area contributed by atoms with Crippen molar-refractivity contribution >= 4 is 23.2 Å². The van der Waals surface area contributed by atoms with Crippen LogP contribution in [0.3, 0.4) is 0 Å². The summed E-state index contributed by atoms with van der Waals surface area (Å²) >= 11 is 0. The number of carbonyl (C=O) groups excluding carboxylic acids is 2. The number of aromatic nitrogens is 3. The second-order valence-corrected chi connectivity index (χ2v) is 11.9. The van der Waals surface area contributed by atoms with Gasteiger partial charge in [-0.05, 0) is 78.9 Å². The molecular weight excluding hydrogens is 609 g/mol. The minimum atomic E-state index is -4.62. The minimum Gasteiger partial charge on any atom is -0.322 e. The maximum atomic E-state index is 14.5. The van der Waals surface area contributed by atoms with Gasteiger partial charge >= 0.3 is 6.18 Å². The second kappa shape index (κ2) is 13.2. The van der Waals surface area contributed by atoms with Crippen LogP contribution in [-0.2, 0) is 12.6 Å². The van der Waals surface area contributed by atoms with Gasteiger partial charge in [-0.3, -0.25) is 19.5 Å². The number of carbonyl (C=O) groups is 2.